The summed E-state index contributed by atoms with van der Waals surface area (Å²) in [5.74, 6) is -0.583. The van der Waals surface area contributed by atoms with Crippen LogP contribution in [-0.2, 0) is 9.59 Å². The van der Waals surface area contributed by atoms with E-state index >= 15 is 0 Å². The minimum atomic E-state index is -0.601. The average molecular weight is 517 g/mol. The van der Waals surface area contributed by atoms with E-state index in [1.54, 1.807) is 12.1 Å². The van der Waals surface area contributed by atoms with Crippen LogP contribution in [0.25, 0.3) is 0 Å². The lowest BCUT2D eigenvalue weighted by Gasteiger charge is -2.23. The maximum absolute atomic E-state index is 12.8. The van der Waals surface area contributed by atoms with Crippen molar-refractivity contribution in [3.63, 3.8) is 0 Å². The van der Waals surface area contributed by atoms with Crippen molar-refractivity contribution in [2.75, 3.05) is 5.32 Å². The van der Waals surface area contributed by atoms with E-state index < -0.39 is 5.25 Å². The maximum atomic E-state index is 12.8. The number of aryl methyl sites for hydroxylation is 2. The van der Waals surface area contributed by atoms with Crippen LogP contribution < -0.4 is 5.32 Å². The first-order chi connectivity index (χ1) is 17.4. The highest BCUT2D eigenvalue weighted by atomic mass is 35.5. The summed E-state index contributed by atoms with van der Waals surface area (Å²) in [5, 5.41) is 10.1. The largest absolute Gasteiger partial charge is 0.326 e. The van der Waals surface area contributed by atoms with Gasteiger partial charge in [0.05, 0.1) is 11.8 Å². The predicted octanol–water partition coefficient (Wildman–Crippen LogP) is 6.13. The number of rotatable bonds is 5. The van der Waals surface area contributed by atoms with E-state index in [0.717, 1.165) is 22.4 Å². The second kappa shape index (κ2) is 10.3. The molecule has 6 nitrogen and oxygen atoms in total. The standard InChI is InChI=1S/C28H25ClN4O2S/c1-17-8-11-19(12-9-17)23-15-24(20-6-4-3-5-7-20)33(32-23)28-31-27(35)25(36-28)16-26(34)30-21-13-10-18(2)22(29)14-21/h3-14,24-25H,15-16H2,1-2H3,(H,30,34)/t24-,25+/m0/s1. The molecule has 0 unspecified atom stereocenters. The zero-order chi connectivity index (χ0) is 25.2. The van der Waals surface area contributed by atoms with Crippen LogP contribution in [0, 0.1) is 13.8 Å². The minimum Gasteiger partial charge on any atom is -0.326 e. The summed E-state index contributed by atoms with van der Waals surface area (Å²) >= 11 is 7.46. The second-order valence-electron chi connectivity index (χ2n) is 8.94. The molecule has 2 atom stereocenters. The van der Waals surface area contributed by atoms with E-state index in [1.807, 2.05) is 36.2 Å². The van der Waals surface area contributed by atoms with Gasteiger partial charge in [-0.2, -0.15) is 10.1 Å². The molecular formula is C28H25ClN4O2S. The molecule has 182 valence electrons. The predicted molar refractivity (Wildman–Crippen MR) is 147 cm³/mol. The molecule has 1 N–H and O–H groups in total. The zero-order valence-corrected chi connectivity index (χ0v) is 21.5. The lowest BCUT2D eigenvalue weighted by molar-refractivity contribution is -0.121. The molecule has 5 rings (SSSR count). The van der Waals surface area contributed by atoms with Gasteiger partial charge in [-0.05, 0) is 42.7 Å². The molecule has 0 aliphatic carbocycles. The molecule has 0 saturated carbocycles. The van der Waals surface area contributed by atoms with Gasteiger partial charge in [-0.1, -0.05) is 89.6 Å². The van der Waals surface area contributed by atoms with Gasteiger partial charge in [0, 0.05) is 23.6 Å². The minimum absolute atomic E-state index is 0.0143. The molecule has 2 aliphatic heterocycles. The first-order valence-electron chi connectivity index (χ1n) is 11.7. The first-order valence-corrected chi connectivity index (χ1v) is 13.0. The van der Waals surface area contributed by atoms with Crippen molar-refractivity contribution in [3.8, 4) is 0 Å². The highest BCUT2D eigenvalue weighted by molar-refractivity contribution is 8.15. The number of amidine groups is 1. The number of nitrogens with zero attached hydrogens (tertiary/aromatic N) is 3. The third-order valence-corrected chi connectivity index (χ3v) is 7.78. The van der Waals surface area contributed by atoms with Gasteiger partial charge in [0.2, 0.25) is 5.91 Å². The Morgan fingerprint density at radius 3 is 2.56 bits per heavy atom. The van der Waals surface area contributed by atoms with Crippen molar-refractivity contribution < 1.29 is 9.59 Å². The highest BCUT2D eigenvalue weighted by Gasteiger charge is 2.39. The zero-order valence-electron chi connectivity index (χ0n) is 19.9. The summed E-state index contributed by atoms with van der Waals surface area (Å²) in [4.78, 5) is 29.8. The number of carbonyl (C=O) groups is 2. The number of hydrogen-bond acceptors (Lipinski definition) is 5. The normalized spacial score (nSPS) is 19.3. The van der Waals surface area contributed by atoms with Crippen molar-refractivity contribution in [1.82, 2.24) is 5.01 Å². The van der Waals surface area contributed by atoms with Gasteiger partial charge in [-0.25, -0.2) is 5.01 Å². The number of anilines is 1. The van der Waals surface area contributed by atoms with Crippen molar-refractivity contribution in [3.05, 3.63) is 100 Å². The number of halogens is 1. The fourth-order valence-electron chi connectivity index (χ4n) is 4.20. The molecule has 0 spiro atoms. The van der Waals surface area contributed by atoms with E-state index in [1.165, 1.54) is 17.3 Å². The topological polar surface area (TPSA) is 74.1 Å². The summed E-state index contributed by atoms with van der Waals surface area (Å²) in [5.41, 5.74) is 5.80. The Morgan fingerprint density at radius 1 is 1.08 bits per heavy atom. The summed E-state index contributed by atoms with van der Waals surface area (Å²) in [6, 6.07) is 23.6. The number of hydrazone groups is 1. The third kappa shape index (κ3) is 5.22. The molecule has 0 saturated heterocycles. The smallest absolute Gasteiger partial charge is 0.262 e. The van der Waals surface area contributed by atoms with Gasteiger partial charge >= 0.3 is 0 Å². The van der Waals surface area contributed by atoms with E-state index in [0.29, 0.717) is 22.3 Å². The summed E-state index contributed by atoms with van der Waals surface area (Å²) < 4.78 is 0. The second-order valence-corrected chi connectivity index (χ2v) is 10.5. The maximum Gasteiger partial charge on any atom is 0.262 e. The van der Waals surface area contributed by atoms with Crippen molar-refractivity contribution in [2.45, 2.75) is 38.0 Å². The van der Waals surface area contributed by atoms with Crippen molar-refractivity contribution in [1.29, 1.82) is 0 Å². The molecule has 8 heteroatoms. The molecular weight excluding hydrogens is 492 g/mol. The van der Waals surface area contributed by atoms with Crippen LogP contribution >= 0.6 is 23.4 Å². The van der Waals surface area contributed by atoms with Gasteiger partial charge in [0.1, 0.15) is 5.25 Å². The number of thioether (sulfide) groups is 1. The first kappa shape index (κ1) is 24.3. The van der Waals surface area contributed by atoms with Gasteiger partial charge in [-0.3, -0.25) is 9.59 Å². The lowest BCUT2D eigenvalue weighted by Crippen LogP contribution is -2.25. The van der Waals surface area contributed by atoms with E-state index in [4.69, 9.17) is 16.7 Å². The monoisotopic (exact) mass is 516 g/mol. The number of benzene rings is 3. The fourth-order valence-corrected chi connectivity index (χ4v) is 5.44. The van der Waals surface area contributed by atoms with Crippen LogP contribution in [0.3, 0.4) is 0 Å². The van der Waals surface area contributed by atoms with Crippen LogP contribution in [0.2, 0.25) is 5.02 Å². The highest BCUT2D eigenvalue weighted by Crippen LogP contribution is 2.38. The van der Waals surface area contributed by atoms with Crippen LogP contribution in [0.5, 0.6) is 0 Å². The van der Waals surface area contributed by atoms with Crippen molar-refractivity contribution >= 4 is 51.7 Å². The van der Waals surface area contributed by atoms with E-state index in [2.05, 4.69) is 53.6 Å². The summed E-state index contributed by atoms with van der Waals surface area (Å²) in [6.45, 7) is 3.95. The number of hydrogen-bond donors (Lipinski definition) is 1. The Labute approximate surface area is 219 Å². The summed E-state index contributed by atoms with van der Waals surface area (Å²) in [6.07, 6.45) is 0.709. The van der Waals surface area contributed by atoms with Gasteiger partial charge in [0.25, 0.3) is 5.91 Å². The molecule has 36 heavy (non-hydrogen) atoms. The van der Waals surface area contributed by atoms with Gasteiger partial charge < -0.3 is 5.32 Å². The Kier molecular flexibility index (Phi) is 6.94. The SMILES string of the molecule is Cc1ccc(C2=NN(C3=NC(=O)[C@@H](CC(=O)Nc4ccc(C)c(Cl)c4)S3)[C@H](c3ccccc3)C2)cc1. The number of nitrogens with one attached hydrogen (secondary N) is 1. The molecule has 0 radical (unpaired) electrons. The van der Waals surface area contributed by atoms with Crippen LogP contribution in [0.4, 0.5) is 5.69 Å². The molecule has 3 aromatic rings. The Balaban J connectivity index is 1.33. The average Bonchev–Trinajstić information content (AvgIpc) is 3.46. The molecule has 2 amide bonds. The van der Waals surface area contributed by atoms with E-state index in [-0.39, 0.29) is 24.3 Å². The van der Waals surface area contributed by atoms with Gasteiger partial charge in [-0.15, -0.1) is 0 Å². The quantitative estimate of drug-likeness (QED) is 0.442. The van der Waals surface area contributed by atoms with E-state index in [9.17, 15) is 9.59 Å². The number of amides is 2. The molecule has 0 bridgehead atoms. The van der Waals surface area contributed by atoms with Crippen molar-refractivity contribution in [2.24, 2.45) is 10.1 Å². The molecule has 0 aromatic heterocycles. The number of carbonyl (C=O) groups excluding carboxylic acids is 2. The number of aliphatic imine (C=N–C) groups is 1. The van der Waals surface area contributed by atoms with Crippen LogP contribution in [0.15, 0.2) is 82.9 Å². The summed E-state index contributed by atoms with van der Waals surface area (Å²) in [7, 11) is 0. The Bertz CT molecular complexity index is 1370. The molecule has 2 aliphatic rings. The fraction of sp³-hybridized carbons (Fsp3) is 0.214. The Morgan fingerprint density at radius 2 is 1.83 bits per heavy atom. The van der Waals surface area contributed by atoms with Gasteiger partial charge in [0.15, 0.2) is 5.17 Å². The van der Waals surface area contributed by atoms with Crippen LogP contribution in [0.1, 0.15) is 41.1 Å². The third-order valence-electron chi connectivity index (χ3n) is 6.23. The molecule has 3 aromatic carbocycles. The van der Waals surface area contributed by atoms with Crippen LogP contribution in [-0.4, -0.2) is 33.0 Å². The molecule has 2 heterocycles. The lowest BCUT2D eigenvalue weighted by atomic mass is 9.98. The Hall–Kier alpha value is -3.42. The molecule has 0 fully saturated rings.